The lowest BCUT2D eigenvalue weighted by atomic mass is 9.85. The molecule has 2 aliphatic heterocycles. The van der Waals surface area contributed by atoms with Gasteiger partial charge in [0.15, 0.2) is 5.82 Å². The molecule has 1 unspecified atom stereocenters. The fourth-order valence-electron chi connectivity index (χ4n) is 4.88. The molecule has 2 aromatic rings. The molecule has 3 heterocycles. The minimum Gasteiger partial charge on any atom is -0.341 e. The summed E-state index contributed by atoms with van der Waals surface area (Å²) >= 11 is 0. The van der Waals surface area contributed by atoms with E-state index in [1.807, 2.05) is 6.07 Å². The highest BCUT2D eigenvalue weighted by atomic mass is 16.5. The molecule has 1 spiro atoms. The number of nitrogens with zero attached hydrogens (tertiary/aromatic N) is 4. The topological polar surface area (TPSA) is 62.5 Å². The van der Waals surface area contributed by atoms with E-state index in [4.69, 9.17) is 4.52 Å². The molecule has 5 rings (SSSR count). The van der Waals surface area contributed by atoms with Crippen molar-refractivity contribution in [3.05, 3.63) is 47.6 Å². The minimum atomic E-state index is -0.372. The zero-order chi connectivity index (χ0) is 19.0. The van der Waals surface area contributed by atoms with Crippen molar-refractivity contribution in [2.75, 3.05) is 19.6 Å². The first-order chi connectivity index (χ1) is 13.7. The quantitative estimate of drug-likeness (QED) is 0.770. The molecule has 1 atom stereocenters. The molecule has 6 heteroatoms. The van der Waals surface area contributed by atoms with E-state index in [0.717, 1.165) is 57.6 Å². The number of carbonyl (C=O) groups is 1. The lowest BCUT2D eigenvalue weighted by Crippen LogP contribution is -2.59. The van der Waals surface area contributed by atoms with Crippen LogP contribution in [0.2, 0.25) is 0 Å². The number of likely N-dealkylation sites (tertiary alicyclic amines) is 2. The highest BCUT2D eigenvalue weighted by Gasteiger charge is 2.51. The molecule has 148 valence electrons. The Morgan fingerprint density at radius 1 is 1.11 bits per heavy atom. The van der Waals surface area contributed by atoms with Gasteiger partial charge in [0, 0.05) is 19.0 Å². The second-order valence-corrected chi connectivity index (χ2v) is 8.51. The van der Waals surface area contributed by atoms with E-state index in [9.17, 15) is 4.79 Å². The fourth-order valence-corrected chi connectivity index (χ4v) is 4.88. The molecule has 1 aromatic heterocycles. The van der Waals surface area contributed by atoms with Gasteiger partial charge in [0.1, 0.15) is 5.54 Å². The number of hydrogen-bond acceptors (Lipinski definition) is 5. The van der Waals surface area contributed by atoms with Gasteiger partial charge in [-0.25, -0.2) is 0 Å². The Hall–Kier alpha value is -2.21. The first kappa shape index (κ1) is 17.9. The normalized spacial score (nSPS) is 25.7. The molecular formula is C22H28N4O2. The van der Waals surface area contributed by atoms with E-state index >= 15 is 0 Å². The van der Waals surface area contributed by atoms with Crippen molar-refractivity contribution in [1.29, 1.82) is 0 Å². The van der Waals surface area contributed by atoms with Crippen molar-refractivity contribution >= 4 is 5.91 Å². The Bertz CT molecular complexity index is 832. The Labute approximate surface area is 165 Å². The van der Waals surface area contributed by atoms with Crippen molar-refractivity contribution in [1.82, 2.24) is 19.9 Å². The van der Waals surface area contributed by atoms with Gasteiger partial charge in [-0.1, -0.05) is 35.5 Å². The predicted molar refractivity (Wildman–Crippen MR) is 105 cm³/mol. The lowest BCUT2D eigenvalue weighted by Gasteiger charge is -2.44. The number of carbonyl (C=O) groups excluding carboxylic acids is 1. The van der Waals surface area contributed by atoms with Crippen molar-refractivity contribution in [3.8, 4) is 0 Å². The van der Waals surface area contributed by atoms with Gasteiger partial charge in [-0.15, -0.1) is 0 Å². The van der Waals surface area contributed by atoms with Crippen LogP contribution in [0.3, 0.4) is 0 Å². The van der Waals surface area contributed by atoms with Crippen LogP contribution < -0.4 is 0 Å². The van der Waals surface area contributed by atoms with Crippen LogP contribution in [0, 0.1) is 0 Å². The molecule has 28 heavy (non-hydrogen) atoms. The van der Waals surface area contributed by atoms with E-state index in [0.29, 0.717) is 24.3 Å². The van der Waals surface area contributed by atoms with Crippen LogP contribution in [-0.4, -0.2) is 51.0 Å². The SMILES string of the molecule is O=C1N(CCc2ccccc2)CCCC12CCCN2Cc1nc(C2CC2)no1. The van der Waals surface area contributed by atoms with Crippen LogP contribution in [0.15, 0.2) is 34.9 Å². The molecule has 0 N–H and O–H groups in total. The number of rotatable bonds is 6. The summed E-state index contributed by atoms with van der Waals surface area (Å²) in [6, 6.07) is 10.4. The number of hydrogen-bond donors (Lipinski definition) is 0. The van der Waals surface area contributed by atoms with Gasteiger partial charge in [-0.3, -0.25) is 9.69 Å². The third kappa shape index (κ3) is 3.34. The average Bonchev–Trinajstić information content (AvgIpc) is 3.35. The Balaban J connectivity index is 1.28. The number of aromatic nitrogens is 2. The van der Waals surface area contributed by atoms with E-state index in [1.165, 1.54) is 18.4 Å². The van der Waals surface area contributed by atoms with Gasteiger partial charge in [-0.05, 0) is 57.1 Å². The molecule has 6 nitrogen and oxygen atoms in total. The van der Waals surface area contributed by atoms with Crippen LogP contribution >= 0.6 is 0 Å². The summed E-state index contributed by atoms with van der Waals surface area (Å²) in [6.07, 6.45) is 7.25. The molecular weight excluding hydrogens is 352 g/mol. The Morgan fingerprint density at radius 2 is 1.89 bits per heavy atom. The molecule has 1 amide bonds. The van der Waals surface area contributed by atoms with Gasteiger partial charge in [0.05, 0.1) is 6.54 Å². The second-order valence-electron chi connectivity index (χ2n) is 8.51. The zero-order valence-corrected chi connectivity index (χ0v) is 16.3. The average molecular weight is 380 g/mol. The third-order valence-corrected chi connectivity index (χ3v) is 6.59. The monoisotopic (exact) mass is 380 g/mol. The van der Waals surface area contributed by atoms with Gasteiger partial charge < -0.3 is 9.42 Å². The van der Waals surface area contributed by atoms with E-state index < -0.39 is 0 Å². The summed E-state index contributed by atoms with van der Waals surface area (Å²) < 4.78 is 5.50. The standard InChI is InChI=1S/C22H28N4O2/c27-21-22(11-4-13-25(21)15-10-17-6-2-1-3-7-17)12-5-14-26(22)16-19-23-20(24-28-19)18-8-9-18/h1-3,6-7,18H,4-5,8-16H2. The minimum absolute atomic E-state index is 0.300. The summed E-state index contributed by atoms with van der Waals surface area (Å²) in [6.45, 7) is 3.19. The molecule has 1 saturated carbocycles. The molecule has 0 bridgehead atoms. The summed E-state index contributed by atoms with van der Waals surface area (Å²) in [5.74, 6) is 2.31. The molecule has 2 saturated heterocycles. The molecule has 3 fully saturated rings. The Morgan fingerprint density at radius 3 is 2.68 bits per heavy atom. The summed E-state index contributed by atoms with van der Waals surface area (Å²) in [7, 11) is 0. The van der Waals surface area contributed by atoms with Crippen LogP contribution in [0.25, 0.3) is 0 Å². The van der Waals surface area contributed by atoms with E-state index in [2.05, 4.69) is 44.2 Å². The van der Waals surface area contributed by atoms with Crippen LogP contribution in [0.5, 0.6) is 0 Å². The molecule has 3 aliphatic rings. The van der Waals surface area contributed by atoms with Crippen molar-refractivity contribution in [2.24, 2.45) is 0 Å². The summed E-state index contributed by atoms with van der Waals surface area (Å²) in [5, 5.41) is 4.14. The first-order valence-electron chi connectivity index (χ1n) is 10.7. The maximum atomic E-state index is 13.5. The van der Waals surface area contributed by atoms with Crippen LogP contribution in [-0.2, 0) is 17.8 Å². The molecule has 1 aromatic carbocycles. The number of benzene rings is 1. The van der Waals surface area contributed by atoms with Crippen LogP contribution in [0.4, 0.5) is 0 Å². The number of amides is 1. The van der Waals surface area contributed by atoms with Crippen molar-refractivity contribution < 1.29 is 9.32 Å². The lowest BCUT2D eigenvalue weighted by molar-refractivity contribution is -0.148. The second kappa shape index (κ2) is 7.32. The van der Waals surface area contributed by atoms with Crippen molar-refractivity contribution in [3.63, 3.8) is 0 Å². The fraction of sp³-hybridized carbons (Fsp3) is 0.591. The maximum Gasteiger partial charge on any atom is 0.243 e. The van der Waals surface area contributed by atoms with Gasteiger partial charge in [0.2, 0.25) is 11.8 Å². The largest absolute Gasteiger partial charge is 0.341 e. The van der Waals surface area contributed by atoms with Crippen molar-refractivity contribution in [2.45, 2.75) is 62.9 Å². The summed E-state index contributed by atoms with van der Waals surface area (Å²) in [5.41, 5.74) is 0.917. The van der Waals surface area contributed by atoms with E-state index in [1.54, 1.807) is 0 Å². The number of piperidine rings is 1. The Kier molecular flexibility index (Phi) is 4.67. The van der Waals surface area contributed by atoms with E-state index in [-0.39, 0.29) is 5.54 Å². The molecule has 1 aliphatic carbocycles. The first-order valence-corrected chi connectivity index (χ1v) is 10.7. The maximum absolute atomic E-state index is 13.5. The third-order valence-electron chi connectivity index (χ3n) is 6.59. The zero-order valence-electron chi connectivity index (χ0n) is 16.3. The smallest absolute Gasteiger partial charge is 0.243 e. The van der Waals surface area contributed by atoms with Gasteiger partial charge >= 0.3 is 0 Å². The highest BCUT2D eigenvalue weighted by molar-refractivity contribution is 5.87. The highest BCUT2D eigenvalue weighted by Crippen LogP contribution is 2.40. The van der Waals surface area contributed by atoms with Gasteiger partial charge in [-0.2, -0.15) is 4.98 Å². The molecule has 0 radical (unpaired) electrons. The predicted octanol–water partition coefficient (Wildman–Crippen LogP) is 3.15. The van der Waals surface area contributed by atoms with Crippen LogP contribution in [0.1, 0.15) is 61.7 Å². The van der Waals surface area contributed by atoms with Gasteiger partial charge in [0.25, 0.3) is 0 Å². The summed E-state index contributed by atoms with van der Waals surface area (Å²) in [4.78, 5) is 22.5.